The number of halogens is 2. The highest BCUT2D eigenvalue weighted by molar-refractivity contribution is 6.30. The third kappa shape index (κ3) is 5.83. The molecule has 0 fully saturated rings. The molecule has 0 saturated carbocycles. The van der Waals surface area contributed by atoms with Crippen LogP contribution in [0.5, 0.6) is 23.0 Å². The molecule has 0 saturated heterocycles. The van der Waals surface area contributed by atoms with E-state index in [9.17, 15) is 9.18 Å². The highest BCUT2D eigenvalue weighted by atomic mass is 35.5. The van der Waals surface area contributed by atoms with Crippen molar-refractivity contribution in [3.05, 3.63) is 102 Å². The summed E-state index contributed by atoms with van der Waals surface area (Å²) in [4.78, 5) is 21.5. The lowest BCUT2D eigenvalue weighted by Gasteiger charge is -2.14. The van der Waals surface area contributed by atoms with Gasteiger partial charge in [-0.25, -0.2) is 9.37 Å². The summed E-state index contributed by atoms with van der Waals surface area (Å²) in [5.41, 5.74) is 2.51. The number of carbonyl (C=O) groups is 1. The number of rotatable bonds is 8. The molecule has 1 amide bonds. The number of hydrogen-bond donors (Lipinski definition) is 2. The van der Waals surface area contributed by atoms with E-state index >= 15 is 0 Å². The first-order valence-corrected chi connectivity index (χ1v) is 12.1. The molecule has 0 spiro atoms. The van der Waals surface area contributed by atoms with Gasteiger partial charge in [0.15, 0.2) is 11.5 Å². The lowest BCUT2D eigenvalue weighted by Crippen LogP contribution is -2.14. The van der Waals surface area contributed by atoms with E-state index in [1.165, 1.54) is 24.4 Å². The third-order valence-corrected chi connectivity index (χ3v) is 5.99. The average molecular weight is 545 g/mol. The first-order chi connectivity index (χ1) is 18.9. The Morgan fingerprint density at radius 2 is 1.54 bits per heavy atom. The van der Waals surface area contributed by atoms with Gasteiger partial charge in [-0.05, 0) is 66.7 Å². The zero-order valence-electron chi connectivity index (χ0n) is 20.9. The number of hydrogen-bond acceptors (Lipinski definition) is 7. The second-order valence-corrected chi connectivity index (χ2v) is 8.69. The number of fused-ring (bicyclic) bond motifs is 1. The number of anilines is 3. The summed E-state index contributed by atoms with van der Waals surface area (Å²) in [6.07, 6.45) is 3.02. The van der Waals surface area contributed by atoms with Gasteiger partial charge in [-0.1, -0.05) is 11.6 Å². The predicted molar refractivity (Wildman–Crippen MR) is 148 cm³/mol. The number of methoxy groups -OCH3 is 2. The van der Waals surface area contributed by atoms with Crippen molar-refractivity contribution in [3.8, 4) is 23.0 Å². The van der Waals surface area contributed by atoms with Crippen molar-refractivity contribution >= 4 is 45.5 Å². The number of pyridine rings is 2. The molecule has 196 valence electrons. The Kier molecular flexibility index (Phi) is 7.42. The van der Waals surface area contributed by atoms with Crippen LogP contribution in [0, 0.1) is 5.82 Å². The van der Waals surface area contributed by atoms with E-state index in [2.05, 4.69) is 20.6 Å². The van der Waals surface area contributed by atoms with Crippen LogP contribution in [-0.2, 0) is 0 Å². The first-order valence-electron chi connectivity index (χ1n) is 11.7. The number of ether oxygens (including phenoxy) is 3. The number of amides is 1. The minimum atomic E-state index is -0.404. The second-order valence-electron chi connectivity index (χ2n) is 8.30. The largest absolute Gasteiger partial charge is 0.493 e. The Bertz CT molecular complexity index is 1650. The Hall–Kier alpha value is -4.89. The summed E-state index contributed by atoms with van der Waals surface area (Å²) in [5, 5.41) is 6.88. The summed E-state index contributed by atoms with van der Waals surface area (Å²) < 4.78 is 30.1. The smallest absolute Gasteiger partial charge is 0.259 e. The van der Waals surface area contributed by atoms with Gasteiger partial charge in [-0.2, -0.15) is 0 Å². The molecule has 5 rings (SSSR count). The molecule has 0 radical (unpaired) electrons. The van der Waals surface area contributed by atoms with Crippen LogP contribution in [0.25, 0.3) is 10.9 Å². The fraction of sp³-hybridized carbons (Fsp3) is 0.0690. The van der Waals surface area contributed by atoms with Crippen molar-refractivity contribution in [3.63, 3.8) is 0 Å². The molecular formula is C29H22ClFN4O4. The van der Waals surface area contributed by atoms with Crippen LogP contribution in [0.2, 0.25) is 5.15 Å². The van der Waals surface area contributed by atoms with E-state index in [4.69, 9.17) is 25.8 Å². The number of aromatic nitrogens is 2. The van der Waals surface area contributed by atoms with Gasteiger partial charge < -0.3 is 24.8 Å². The maximum atomic E-state index is 13.3. The molecule has 0 unspecified atom stereocenters. The fourth-order valence-electron chi connectivity index (χ4n) is 3.87. The standard InChI is InChI=1S/C29H22ClFN4O4/c1-37-26-13-21-23(14-27(26)38-2)32-12-11-25(21)39-20-9-7-19(8-10-20)35-29(36)22-16-33-28(30)15-24(22)34-18-5-3-17(31)4-6-18/h3-16H,1-2H3,(H,33,34)(H,35,36). The van der Waals surface area contributed by atoms with Gasteiger partial charge >= 0.3 is 0 Å². The van der Waals surface area contributed by atoms with E-state index < -0.39 is 5.91 Å². The predicted octanol–water partition coefficient (Wildman–Crippen LogP) is 7.23. The Morgan fingerprint density at radius 1 is 0.846 bits per heavy atom. The van der Waals surface area contributed by atoms with Crippen LogP contribution in [0.4, 0.5) is 21.5 Å². The first kappa shape index (κ1) is 25.7. The van der Waals surface area contributed by atoms with Crippen molar-refractivity contribution in [2.24, 2.45) is 0 Å². The molecule has 3 aromatic carbocycles. The fourth-order valence-corrected chi connectivity index (χ4v) is 4.03. The van der Waals surface area contributed by atoms with Crippen molar-refractivity contribution < 1.29 is 23.4 Å². The Balaban J connectivity index is 1.33. The minimum Gasteiger partial charge on any atom is -0.493 e. The average Bonchev–Trinajstić information content (AvgIpc) is 2.94. The van der Waals surface area contributed by atoms with Gasteiger partial charge in [0, 0.05) is 35.2 Å². The second kappa shape index (κ2) is 11.2. The molecule has 39 heavy (non-hydrogen) atoms. The molecule has 10 heteroatoms. The number of carbonyl (C=O) groups excluding carboxylic acids is 1. The van der Waals surface area contributed by atoms with Crippen molar-refractivity contribution in [2.45, 2.75) is 0 Å². The van der Waals surface area contributed by atoms with E-state index in [-0.39, 0.29) is 16.5 Å². The monoisotopic (exact) mass is 544 g/mol. The minimum absolute atomic E-state index is 0.206. The number of nitrogens with one attached hydrogen (secondary N) is 2. The molecule has 0 atom stereocenters. The maximum absolute atomic E-state index is 13.3. The summed E-state index contributed by atoms with van der Waals surface area (Å²) in [5.74, 6) is 1.51. The van der Waals surface area contributed by atoms with E-state index in [1.807, 2.05) is 6.07 Å². The molecule has 0 bridgehead atoms. The van der Waals surface area contributed by atoms with Gasteiger partial charge in [0.1, 0.15) is 22.5 Å². The number of nitrogens with zero attached hydrogens (tertiary/aromatic N) is 2. The van der Waals surface area contributed by atoms with Gasteiger partial charge in [0.25, 0.3) is 5.91 Å². The Morgan fingerprint density at radius 3 is 2.26 bits per heavy atom. The summed E-state index contributed by atoms with van der Waals surface area (Å²) >= 11 is 6.05. The molecule has 2 N–H and O–H groups in total. The van der Waals surface area contributed by atoms with Crippen molar-refractivity contribution in [2.75, 3.05) is 24.9 Å². The summed E-state index contributed by atoms with van der Waals surface area (Å²) in [6, 6.07) is 19.5. The third-order valence-electron chi connectivity index (χ3n) is 5.79. The van der Waals surface area contributed by atoms with Gasteiger partial charge in [0.05, 0.1) is 31.0 Å². The Labute approximate surface area is 228 Å². The molecule has 2 aromatic heterocycles. The molecule has 0 aliphatic carbocycles. The molecule has 0 aliphatic heterocycles. The lowest BCUT2D eigenvalue weighted by atomic mass is 10.1. The summed E-state index contributed by atoms with van der Waals surface area (Å²) in [6.45, 7) is 0. The molecule has 5 aromatic rings. The summed E-state index contributed by atoms with van der Waals surface area (Å²) in [7, 11) is 3.13. The SMILES string of the molecule is COc1cc2nccc(Oc3ccc(NC(=O)c4cnc(Cl)cc4Nc4ccc(F)cc4)cc3)c2cc1OC. The van der Waals surface area contributed by atoms with E-state index in [0.29, 0.717) is 45.6 Å². The zero-order valence-corrected chi connectivity index (χ0v) is 21.6. The van der Waals surface area contributed by atoms with Crippen molar-refractivity contribution in [1.29, 1.82) is 0 Å². The van der Waals surface area contributed by atoms with E-state index in [0.717, 1.165) is 5.39 Å². The van der Waals surface area contributed by atoms with Crippen LogP contribution in [0.15, 0.2) is 85.2 Å². The van der Waals surface area contributed by atoms with Gasteiger partial charge in [-0.15, -0.1) is 0 Å². The molecule has 0 aliphatic rings. The van der Waals surface area contributed by atoms with Crippen LogP contribution in [0.3, 0.4) is 0 Å². The van der Waals surface area contributed by atoms with Crippen LogP contribution >= 0.6 is 11.6 Å². The van der Waals surface area contributed by atoms with Crippen LogP contribution < -0.4 is 24.8 Å². The highest BCUT2D eigenvalue weighted by Crippen LogP contribution is 2.37. The maximum Gasteiger partial charge on any atom is 0.259 e. The van der Waals surface area contributed by atoms with Crippen LogP contribution in [-0.4, -0.2) is 30.1 Å². The zero-order chi connectivity index (χ0) is 27.4. The highest BCUT2D eigenvalue weighted by Gasteiger charge is 2.15. The van der Waals surface area contributed by atoms with Crippen molar-refractivity contribution in [1.82, 2.24) is 9.97 Å². The molecule has 2 heterocycles. The van der Waals surface area contributed by atoms with Gasteiger partial charge in [0.2, 0.25) is 0 Å². The lowest BCUT2D eigenvalue weighted by molar-refractivity contribution is 0.102. The van der Waals surface area contributed by atoms with Gasteiger partial charge in [-0.3, -0.25) is 9.78 Å². The van der Waals surface area contributed by atoms with E-state index in [1.54, 1.807) is 68.9 Å². The normalized spacial score (nSPS) is 10.7. The number of benzene rings is 3. The quantitative estimate of drug-likeness (QED) is 0.199. The topological polar surface area (TPSA) is 94.6 Å². The molecule has 8 nitrogen and oxygen atoms in total. The molecular weight excluding hydrogens is 523 g/mol. The van der Waals surface area contributed by atoms with Crippen LogP contribution in [0.1, 0.15) is 10.4 Å².